The Kier molecular flexibility index (Phi) is 4.97. The van der Waals surface area contributed by atoms with Crippen LogP contribution in [0.3, 0.4) is 0 Å². The number of benzene rings is 3. The van der Waals surface area contributed by atoms with Crippen LogP contribution < -0.4 is 4.90 Å². The van der Waals surface area contributed by atoms with Crippen molar-refractivity contribution >= 4 is 41.1 Å². The Balaban J connectivity index is 1.77. The normalized spacial score (nSPS) is 14.9. The highest BCUT2D eigenvalue weighted by Crippen LogP contribution is 2.28. The van der Waals surface area contributed by atoms with Gasteiger partial charge in [0, 0.05) is 10.6 Å². The van der Waals surface area contributed by atoms with Gasteiger partial charge in [-0.3, -0.25) is 9.69 Å². The Morgan fingerprint density at radius 2 is 1.59 bits per heavy atom. The van der Waals surface area contributed by atoms with E-state index in [0.717, 1.165) is 5.56 Å². The van der Waals surface area contributed by atoms with Gasteiger partial charge < -0.3 is 5.11 Å². The molecule has 6 heteroatoms. The van der Waals surface area contributed by atoms with Gasteiger partial charge in [0.1, 0.15) is 11.5 Å². The molecule has 5 nitrogen and oxygen atoms in total. The van der Waals surface area contributed by atoms with E-state index in [4.69, 9.17) is 16.7 Å². The molecule has 0 atom stereocenters. The lowest BCUT2D eigenvalue weighted by Gasteiger charge is -2.18. The lowest BCUT2D eigenvalue weighted by Crippen LogP contribution is -2.32. The maximum atomic E-state index is 13.2. The van der Waals surface area contributed by atoms with Crippen LogP contribution in [0.5, 0.6) is 0 Å². The Bertz CT molecular complexity index is 1140. The summed E-state index contributed by atoms with van der Waals surface area (Å²) in [5, 5.41) is 9.63. The van der Waals surface area contributed by atoms with Crippen molar-refractivity contribution in [2.75, 3.05) is 4.90 Å². The van der Waals surface area contributed by atoms with Crippen molar-refractivity contribution in [2.24, 2.45) is 4.99 Å². The summed E-state index contributed by atoms with van der Waals surface area (Å²) < 4.78 is 0. The minimum absolute atomic E-state index is 0.182. The zero-order valence-corrected chi connectivity index (χ0v) is 15.9. The van der Waals surface area contributed by atoms with Crippen molar-refractivity contribution in [3.05, 3.63) is 106 Å². The number of nitrogens with zero attached hydrogens (tertiary/aromatic N) is 2. The quantitative estimate of drug-likeness (QED) is 0.633. The predicted octanol–water partition coefficient (Wildman–Crippen LogP) is 4.87. The fourth-order valence-corrected chi connectivity index (χ4v) is 3.13. The second kappa shape index (κ2) is 7.73. The molecular formula is C23H15ClN2O3. The summed E-state index contributed by atoms with van der Waals surface area (Å²) in [6.07, 6.45) is 1.65. The Morgan fingerprint density at radius 3 is 2.21 bits per heavy atom. The number of hydrogen-bond acceptors (Lipinski definition) is 3. The molecule has 1 N–H and O–H groups in total. The van der Waals surface area contributed by atoms with Gasteiger partial charge in [-0.1, -0.05) is 41.9 Å². The van der Waals surface area contributed by atoms with Gasteiger partial charge in [-0.25, -0.2) is 9.79 Å². The second-order valence-electron chi connectivity index (χ2n) is 6.38. The van der Waals surface area contributed by atoms with Gasteiger partial charge in [0.05, 0.1) is 11.3 Å². The van der Waals surface area contributed by atoms with Gasteiger partial charge in [0.2, 0.25) is 0 Å². The number of anilines is 1. The van der Waals surface area contributed by atoms with Crippen LogP contribution >= 0.6 is 11.6 Å². The molecule has 3 aromatic carbocycles. The fraction of sp³-hybridized carbons (Fsp3) is 0. The molecule has 1 aliphatic heterocycles. The Labute approximate surface area is 172 Å². The summed E-state index contributed by atoms with van der Waals surface area (Å²) in [7, 11) is 0. The summed E-state index contributed by atoms with van der Waals surface area (Å²) in [5.74, 6) is -0.755. The lowest BCUT2D eigenvalue weighted by molar-refractivity contribution is -0.113. The average molecular weight is 403 g/mol. The smallest absolute Gasteiger partial charge is 0.335 e. The minimum Gasteiger partial charge on any atom is -0.478 e. The summed E-state index contributed by atoms with van der Waals surface area (Å²) in [6.45, 7) is 0. The van der Waals surface area contributed by atoms with E-state index in [1.54, 1.807) is 35.2 Å². The highest BCUT2D eigenvalue weighted by Gasteiger charge is 2.32. The maximum absolute atomic E-state index is 13.2. The molecule has 3 aromatic rings. The number of carboxylic acid groups (broad SMARTS) is 1. The molecule has 0 aromatic heterocycles. The minimum atomic E-state index is -1.00. The van der Waals surface area contributed by atoms with E-state index in [0.29, 0.717) is 22.1 Å². The zero-order chi connectivity index (χ0) is 20.4. The van der Waals surface area contributed by atoms with Crippen LogP contribution in [0.25, 0.3) is 6.08 Å². The van der Waals surface area contributed by atoms with Gasteiger partial charge in [0.25, 0.3) is 5.91 Å². The number of carboxylic acids is 1. The number of para-hydroxylation sites is 1. The van der Waals surface area contributed by atoms with Crippen LogP contribution in [0.1, 0.15) is 21.5 Å². The maximum Gasteiger partial charge on any atom is 0.335 e. The SMILES string of the molecule is O=C(O)c1ccc(/C=C2/N=C(c3ccc(Cl)cc3)N(c3ccccc3)C2=O)cc1. The van der Waals surface area contributed by atoms with Crippen molar-refractivity contribution in [1.29, 1.82) is 0 Å². The molecule has 1 amide bonds. The van der Waals surface area contributed by atoms with E-state index in [9.17, 15) is 9.59 Å². The van der Waals surface area contributed by atoms with Crippen molar-refractivity contribution in [3.8, 4) is 0 Å². The fourth-order valence-electron chi connectivity index (χ4n) is 3.01. The molecule has 0 aliphatic carbocycles. The van der Waals surface area contributed by atoms with E-state index in [1.807, 2.05) is 42.5 Å². The highest BCUT2D eigenvalue weighted by atomic mass is 35.5. The molecule has 0 saturated carbocycles. The van der Waals surface area contributed by atoms with Crippen LogP contribution in [-0.2, 0) is 4.79 Å². The number of rotatable bonds is 4. The van der Waals surface area contributed by atoms with Crippen LogP contribution in [0.15, 0.2) is 89.6 Å². The third kappa shape index (κ3) is 3.81. The van der Waals surface area contributed by atoms with Crippen LogP contribution in [0, 0.1) is 0 Å². The van der Waals surface area contributed by atoms with E-state index in [-0.39, 0.29) is 17.2 Å². The van der Waals surface area contributed by atoms with E-state index in [2.05, 4.69) is 4.99 Å². The number of halogens is 1. The molecule has 1 heterocycles. The van der Waals surface area contributed by atoms with E-state index in [1.165, 1.54) is 12.1 Å². The molecule has 0 fully saturated rings. The lowest BCUT2D eigenvalue weighted by atomic mass is 10.1. The molecule has 1 aliphatic rings. The van der Waals surface area contributed by atoms with Gasteiger partial charge in [-0.05, 0) is 60.2 Å². The van der Waals surface area contributed by atoms with Crippen molar-refractivity contribution in [3.63, 3.8) is 0 Å². The third-order valence-electron chi connectivity index (χ3n) is 4.44. The van der Waals surface area contributed by atoms with Gasteiger partial charge in [-0.15, -0.1) is 0 Å². The number of aromatic carboxylic acids is 1. The molecule has 0 unspecified atom stereocenters. The van der Waals surface area contributed by atoms with Gasteiger partial charge in [0.15, 0.2) is 0 Å². The number of amidine groups is 1. The van der Waals surface area contributed by atoms with Gasteiger partial charge in [-0.2, -0.15) is 0 Å². The molecule has 0 radical (unpaired) electrons. The third-order valence-corrected chi connectivity index (χ3v) is 4.69. The summed E-state index contributed by atoms with van der Waals surface area (Å²) in [5.41, 5.74) is 2.60. The van der Waals surface area contributed by atoms with Gasteiger partial charge >= 0.3 is 5.97 Å². The second-order valence-corrected chi connectivity index (χ2v) is 6.81. The first-order valence-electron chi connectivity index (χ1n) is 8.82. The first kappa shape index (κ1) is 18.7. The Hall–Kier alpha value is -3.70. The number of carbonyl (C=O) groups excluding carboxylic acids is 1. The number of amides is 1. The molecular weight excluding hydrogens is 388 g/mol. The van der Waals surface area contributed by atoms with Crippen molar-refractivity contribution < 1.29 is 14.7 Å². The topological polar surface area (TPSA) is 70.0 Å². The standard InChI is InChI=1S/C23H15ClN2O3/c24-18-12-10-16(11-13-18)21-25-20(14-15-6-8-17(9-7-15)23(28)29)22(27)26(21)19-4-2-1-3-5-19/h1-14H,(H,28,29)/b20-14+. The summed E-state index contributed by atoms with van der Waals surface area (Å²) in [4.78, 5) is 30.3. The molecule has 0 bridgehead atoms. The van der Waals surface area contributed by atoms with Crippen LogP contribution in [0.4, 0.5) is 5.69 Å². The van der Waals surface area contributed by atoms with E-state index < -0.39 is 5.97 Å². The Morgan fingerprint density at radius 1 is 0.931 bits per heavy atom. The summed E-state index contributed by atoms with van der Waals surface area (Å²) >= 11 is 6.00. The predicted molar refractivity (Wildman–Crippen MR) is 113 cm³/mol. The van der Waals surface area contributed by atoms with Crippen molar-refractivity contribution in [1.82, 2.24) is 0 Å². The average Bonchev–Trinajstić information content (AvgIpc) is 3.05. The molecule has 4 rings (SSSR count). The molecule has 0 spiro atoms. The first-order valence-corrected chi connectivity index (χ1v) is 9.20. The summed E-state index contributed by atoms with van der Waals surface area (Å²) in [6, 6.07) is 22.7. The number of hydrogen-bond donors (Lipinski definition) is 1. The largest absolute Gasteiger partial charge is 0.478 e. The van der Waals surface area contributed by atoms with Crippen LogP contribution in [0.2, 0.25) is 5.02 Å². The molecule has 29 heavy (non-hydrogen) atoms. The molecule has 142 valence electrons. The first-order chi connectivity index (χ1) is 14.0. The molecule has 0 saturated heterocycles. The van der Waals surface area contributed by atoms with E-state index >= 15 is 0 Å². The number of aliphatic imine (C=N–C) groups is 1. The monoisotopic (exact) mass is 402 g/mol. The zero-order valence-electron chi connectivity index (χ0n) is 15.1. The number of carbonyl (C=O) groups is 2. The van der Waals surface area contributed by atoms with Crippen LogP contribution in [-0.4, -0.2) is 22.8 Å². The highest BCUT2D eigenvalue weighted by molar-refractivity contribution is 6.34. The van der Waals surface area contributed by atoms with Crippen molar-refractivity contribution in [2.45, 2.75) is 0 Å².